The summed E-state index contributed by atoms with van der Waals surface area (Å²) >= 11 is 0. The lowest BCUT2D eigenvalue weighted by Crippen LogP contribution is -2.52. The second kappa shape index (κ2) is 7.72. The number of carbonyl (C=O) groups is 3. The van der Waals surface area contributed by atoms with Gasteiger partial charge in [-0.25, -0.2) is 19.3 Å². The maximum Gasteiger partial charge on any atom is 0.419 e. The van der Waals surface area contributed by atoms with Crippen LogP contribution in [-0.2, 0) is 14.3 Å². The molecule has 2 N–H and O–H groups in total. The number of urea groups is 1. The smallest absolute Gasteiger partial charge is 0.419 e. The molecule has 116 valence electrons. The first-order chi connectivity index (χ1) is 9.14. The molecule has 0 heterocycles. The molecular formula is C13H24N2O5. The molecule has 0 rings (SSSR count). The topological polar surface area (TPSA) is 98.9 Å². The van der Waals surface area contributed by atoms with Crippen LogP contribution in [0.15, 0.2) is 0 Å². The summed E-state index contributed by atoms with van der Waals surface area (Å²) in [6.07, 6.45) is 0.781. The number of hydrogen-bond donors (Lipinski definition) is 1. The van der Waals surface area contributed by atoms with Crippen molar-refractivity contribution in [3.05, 3.63) is 0 Å². The third-order valence-corrected chi connectivity index (χ3v) is 2.44. The average Bonchev–Trinajstić information content (AvgIpc) is 2.30. The van der Waals surface area contributed by atoms with Gasteiger partial charge in [0.25, 0.3) is 0 Å². The summed E-state index contributed by atoms with van der Waals surface area (Å²) in [5.41, 5.74) is 4.40. The molecule has 0 spiro atoms. The van der Waals surface area contributed by atoms with Gasteiger partial charge in [0, 0.05) is 0 Å². The number of rotatable bonds is 5. The van der Waals surface area contributed by atoms with Gasteiger partial charge in [-0.2, -0.15) is 0 Å². The van der Waals surface area contributed by atoms with Crippen LogP contribution >= 0.6 is 0 Å². The van der Waals surface area contributed by atoms with E-state index in [0.717, 1.165) is 6.42 Å². The average molecular weight is 288 g/mol. The Kier molecular flexibility index (Phi) is 7.02. The Morgan fingerprint density at radius 2 is 1.80 bits per heavy atom. The summed E-state index contributed by atoms with van der Waals surface area (Å²) in [6, 6.07) is -2.10. The highest BCUT2D eigenvalue weighted by Crippen LogP contribution is 2.16. The number of primary amides is 1. The molecule has 7 nitrogen and oxygen atoms in total. The molecule has 7 heteroatoms. The summed E-state index contributed by atoms with van der Waals surface area (Å²) in [5, 5.41) is 0. The zero-order valence-electron chi connectivity index (χ0n) is 12.8. The van der Waals surface area contributed by atoms with Crippen molar-refractivity contribution in [1.29, 1.82) is 0 Å². The van der Waals surface area contributed by atoms with Crippen molar-refractivity contribution in [2.24, 2.45) is 5.73 Å². The van der Waals surface area contributed by atoms with Crippen LogP contribution in [0.2, 0.25) is 0 Å². The van der Waals surface area contributed by atoms with Gasteiger partial charge in [0.2, 0.25) is 0 Å². The Labute approximate surface area is 119 Å². The van der Waals surface area contributed by atoms with Gasteiger partial charge in [-0.3, -0.25) is 0 Å². The van der Waals surface area contributed by atoms with E-state index in [4.69, 9.17) is 10.5 Å². The molecule has 0 aromatic carbocycles. The number of unbranched alkanes of at least 4 members (excludes halogenated alkanes) is 1. The van der Waals surface area contributed by atoms with Crippen molar-refractivity contribution in [3.8, 4) is 0 Å². The van der Waals surface area contributed by atoms with Crippen LogP contribution in [0.25, 0.3) is 0 Å². The van der Waals surface area contributed by atoms with Gasteiger partial charge in [-0.05, 0) is 27.2 Å². The minimum Gasteiger partial charge on any atom is -0.467 e. The molecule has 3 amide bonds. The number of nitrogens with zero attached hydrogens (tertiary/aromatic N) is 1. The normalized spacial score (nSPS) is 12.4. The monoisotopic (exact) mass is 288 g/mol. The van der Waals surface area contributed by atoms with Crippen LogP contribution in [0.5, 0.6) is 0 Å². The molecule has 0 radical (unpaired) electrons. The van der Waals surface area contributed by atoms with Crippen molar-refractivity contribution in [2.75, 3.05) is 7.11 Å². The third-order valence-electron chi connectivity index (χ3n) is 2.44. The number of nitrogens with two attached hydrogens (primary N) is 1. The minimum atomic E-state index is -1.06. The van der Waals surface area contributed by atoms with E-state index in [1.54, 1.807) is 20.8 Å². The van der Waals surface area contributed by atoms with Gasteiger partial charge in [0.1, 0.15) is 11.6 Å². The van der Waals surface area contributed by atoms with E-state index in [1.807, 2.05) is 6.92 Å². The van der Waals surface area contributed by atoms with Crippen LogP contribution in [0.4, 0.5) is 9.59 Å². The van der Waals surface area contributed by atoms with Crippen LogP contribution in [-0.4, -0.2) is 41.7 Å². The number of amides is 3. The van der Waals surface area contributed by atoms with E-state index < -0.39 is 29.7 Å². The zero-order valence-corrected chi connectivity index (χ0v) is 12.8. The Hall–Kier alpha value is -1.79. The number of esters is 1. The number of hydrogen-bond acceptors (Lipinski definition) is 5. The molecule has 0 aliphatic heterocycles. The van der Waals surface area contributed by atoms with Crippen molar-refractivity contribution >= 4 is 18.1 Å². The highest BCUT2D eigenvalue weighted by molar-refractivity contribution is 5.95. The summed E-state index contributed by atoms with van der Waals surface area (Å²) in [7, 11) is 1.19. The lowest BCUT2D eigenvalue weighted by molar-refractivity contribution is -0.146. The van der Waals surface area contributed by atoms with E-state index in [2.05, 4.69) is 4.74 Å². The highest BCUT2D eigenvalue weighted by Gasteiger charge is 2.36. The molecule has 0 saturated carbocycles. The predicted molar refractivity (Wildman–Crippen MR) is 73.0 cm³/mol. The van der Waals surface area contributed by atoms with Crippen molar-refractivity contribution in [3.63, 3.8) is 0 Å². The fraction of sp³-hybridized carbons (Fsp3) is 0.769. The highest BCUT2D eigenvalue weighted by atomic mass is 16.6. The quantitative estimate of drug-likeness (QED) is 0.780. The molecule has 0 aliphatic rings. The predicted octanol–water partition coefficient (Wildman–Crippen LogP) is 2.03. The molecule has 20 heavy (non-hydrogen) atoms. The molecular weight excluding hydrogens is 264 g/mol. The van der Waals surface area contributed by atoms with E-state index in [-0.39, 0.29) is 6.42 Å². The van der Waals surface area contributed by atoms with Gasteiger partial charge in [0.15, 0.2) is 0 Å². The molecule has 0 saturated heterocycles. The summed E-state index contributed by atoms with van der Waals surface area (Å²) in [5.74, 6) is -0.692. The molecule has 0 aromatic heterocycles. The number of carbonyl (C=O) groups excluding carboxylic acids is 3. The maximum absolute atomic E-state index is 12.0. The van der Waals surface area contributed by atoms with Crippen LogP contribution in [0, 0.1) is 0 Å². The Bertz CT molecular complexity index is 362. The van der Waals surface area contributed by atoms with Gasteiger partial charge in [-0.15, -0.1) is 0 Å². The molecule has 0 aliphatic carbocycles. The Balaban J connectivity index is 5.21. The summed E-state index contributed by atoms with van der Waals surface area (Å²) in [6.45, 7) is 6.90. The Morgan fingerprint density at radius 1 is 1.25 bits per heavy atom. The number of methoxy groups -OCH3 is 1. The summed E-state index contributed by atoms with van der Waals surface area (Å²) < 4.78 is 9.72. The van der Waals surface area contributed by atoms with Crippen molar-refractivity contribution < 1.29 is 23.9 Å². The molecule has 1 unspecified atom stereocenters. The van der Waals surface area contributed by atoms with Gasteiger partial charge >= 0.3 is 18.1 Å². The van der Waals surface area contributed by atoms with Crippen molar-refractivity contribution in [2.45, 2.75) is 58.6 Å². The van der Waals surface area contributed by atoms with E-state index >= 15 is 0 Å². The molecule has 0 fully saturated rings. The van der Waals surface area contributed by atoms with Gasteiger partial charge in [0.05, 0.1) is 7.11 Å². The first-order valence-corrected chi connectivity index (χ1v) is 6.53. The summed E-state index contributed by atoms with van der Waals surface area (Å²) in [4.78, 5) is 35.9. The molecule has 0 bridgehead atoms. The van der Waals surface area contributed by atoms with Gasteiger partial charge < -0.3 is 15.2 Å². The second-order valence-corrected chi connectivity index (χ2v) is 5.37. The first-order valence-electron chi connectivity index (χ1n) is 6.53. The molecule has 1 atom stereocenters. The first kappa shape index (κ1) is 18.2. The fourth-order valence-electron chi connectivity index (χ4n) is 1.57. The molecule has 0 aromatic rings. The minimum absolute atomic E-state index is 0.283. The largest absolute Gasteiger partial charge is 0.467 e. The van der Waals surface area contributed by atoms with E-state index in [0.29, 0.717) is 11.3 Å². The van der Waals surface area contributed by atoms with Crippen LogP contribution < -0.4 is 5.73 Å². The SMILES string of the molecule is CCCCC(C(=O)OC)N(C(N)=O)C(=O)OC(C)(C)C. The van der Waals surface area contributed by atoms with E-state index in [9.17, 15) is 14.4 Å². The van der Waals surface area contributed by atoms with Crippen LogP contribution in [0.3, 0.4) is 0 Å². The zero-order chi connectivity index (χ0) is 15.9. The lowest BCUT2D eigenvalue weighted by Gasteiger charge is -2.29. The van der Waals surface area contributed by atoms with Crippen molar-refractivity contribution in [1.82, 2.24) is 4.90 Å². The Morgan fingerprint density at radius 3 is 2.15 bits per heavy atom. The maximum atomic E-state index is 12.0. The number of ether oxygens (including phenoxy) is 2. The fourth-order valence-corrected chi connectivity index (χ4v) is 1.57. The third kappa shape index (κ3) is 5.90. The lowest BCUT2D eigenvalue weighted by atomic mass is 10.1. The standard InChI is InChI=1S/C13H24N2O5/c1-6-7-8-9(10(16)19-5)15(11(14)17)12(18)20-13(2,3)4/h9H,6-8H2,1-5H3,(H2,14,17). The van der Waals surface area contributed by atoms with Crippen LogP contribution in [0.1, 0.15) is 47.0 Å². The second-order valence-electron chi connectivity index (χ2n) is 5.37. The van der Waals surface area contributed by atoms with Gasteiger partial charge in [-0.1, -0.05) is 19.8 Å². The number of imide groups is 1. The van der Waals surface area contributed by atoms with E-state index in [1.165, 1.54) is 7.11 Å².